The summed E-state index contributed by atoms with van der Waals surface area (Å²) in [5, 5.41) is 5.17. The molecule has 0 radical (unpaired) electrons. The van der Waals surface area contributed by atoms with Gasteiger partial charge in [-0.3, -0.25) is 4.79 Å². The van der Waals surface area contributed by atoms with E-state index in [2.05, 4.69) is 29.8 Å². The van der Waals surface area contributed by atoms with Crippen LogP contribution < -0.4 is 5.14 Å². The third kappa shape index (κ3) is 4.05. The van der Waals surface area contributed by atoms with E-state index in [9.17, 15) is 13.2 Å². The van der Waals surface area contributed by atoms with Crippen LogP contribution in [0.5, 0.6) is 0 Å². The van der Waals surface area contributed by atoms with Gasteiger partial charge >= 0.3 is 0 Å². The fraction of sp³-hybridized carbons (Fsp3) is 0.500. The number of rotatable bonds is 5. The maximum Gasteiger partial charge on any atom is 0.254 e. The first kappa shape index (κ1) is 16.5. The lowest BCUT2D eigenvalue weighted by Crippen LogP contribution is -2.36. The van der Waals surface area contributed by atoms with Crippen LogP contribution in [0.4, 0.5) is 0 Å². The third-order valence-electron chi connectivity index (χ3n) is 3.30. The van der Waals surface area contributed by atoms with E-state index in [4.69, 9.17) is 5.14 Å². The Labute approximate surface area is 133 Å². The summed E-state index contributed by atoms with van der Waals surface area (Å²) >= 11 is 3.15. The lowest BCUT2D eigenvalue weighted by atomic mass is 10.1. The molecule has 21 heavy (non-hydrogen) atoms. The molecule has 0 unspecified atom stereocenters. The number of benzene rings is 1. The number of primary sulfonamides is 1. The third-order valence-corrected chi connectivity index (χ3v) is 5.20. The molecule has 5 nitrogen and oxygen atoms in total. The molecule has 116 valence electrons. The van der Waals surface area contributed by atoms with Crippen molar-refractivity contribution in [1.82, 2.24) is 4.90 Å². The maximum atomic E-state index is 12.6. The summed E-state index contributed by atoms with van der Waals surface area (Å²) in [7, 11) is -3.86. The molecule has 0 bridgehead atoms. The summed E-state index contributed by atoms with van der Waals surface area (Å²) in [5.41, 5.74) is 0.356. The monoisotopic (exact) mass is 374 g/mol. The highest BCUT2D eigenvalue weighted by Gasteiger charge is 2.33. The smallest absolute Gasteiger partial charge is 0.254 e. The van der Waals surface area contributed by atoms with Gasteiger partial charge in [-0.1, -0.05) is 13.8 Å². The molecule has 0 heterocycles. The second kappa shape index (κ2) is 6.06. The normalized spacial score (nSPS) is 15.3. The topological polar surface area (TPSA) is 80.5 Å². The highest BCUT2D eigenvalue weighted by molar-refractivity contribution is 9.10. The predicted octanol–water partition coefficient (Wildman–Crippen LogP) is 2.36. The van der Waals surface area contributed by atoms with E-state index < -0.39 is 10.0 Å². The van der Waals surface area contributed by atoms with Gasteiger partial charge in [-0.25, -0.2) is 13.6 Å². The zero-order valence-corrected chi connectivity index (χ0v) is 14.4. The molecular formula is C14H19BrN2O3S. The molecule has 1 aromatic carbocycles. The van der Waals surface area contributed by atoms with Crippen LogP contribution in [-0.4, -0.2) is 31.8 Å². The second-order valence-corrected chi connectivity index (χ2v) is 8.16. The van der Waals surface area contributed by atoms with Gasteiger partial charge in [0, 0.05) is 22.6 Å². The van der Waals surface area contributed by atoms with E-state index in [1.165, 1.54) is 6.07 Å². The second-order valence-electron chi connectivity index (χ2n) is 5.77. The number of nitrogens with zero attached hydrogens (tertiary/aromatic N) is 1. The standard InChI is InChI=1S/C14H19BrN2O3S/c1-9(2)8-17(11-4-5-11)14(18)10-3-6-12(15)13(7-10)21(16,19)20/h3,6-7,9,11H,4-5,8H2,1-2H3,(H2,16,19,20). The fourth-order valence-electron chi connectivity index (χ4n) is 2.20. The Bertz CT molecular complexity index is 654. The maximum absolute atomic E-state index is 12.6. The molecule has 1 fully saturated rings. The molecule has 1 aliphatic carbocycles. The van der Waals surface area contributed by atoms with Crippen molar-refractivity contribution in [3.05, 3.63) is 28.2 Å². The van der Waals surface area contributed by atoms with Gasteiger partial charge in [0.2, 0.25) is 10.0 Å². The van der Waals surface area contributed by atoms with E-state index in [-0.39, 0.29) is 16.8 Å². The van der Waals surface area contributed by atoms with Gasteiger partial charge < -0.3 is 4.90 Å². The van der Waals surface area contributed by atoms with Crippen LogP contribution in [0.3, 0.4) is 0 Å². The number of amides is 1. The number of hydrogen-bond donors (Lipinski definition) is 1. The SMILES string of the molecule is CC(C)CN(C(=O)c1ccc(Br)c(S(N)(=O)=O)c1)C1CC1. The zero-order chi connectivity index (χ0) is 15.8. The van der Waals surface area contributed by atoms with E-state index in [0.29, 0.717) is 22.5 Å². The summed E-state index contributed by atoms with van der Waals surface area (Å²) in [6.07, 6.45) is 2.02. The van der Waals surface area contributed by atoms with Crippen LogP contribution in [0.25, 0.3) is 0 Å². The van der Waals surface area contributed by atoms with Crippen LogP contribution in [0.15, 0.2) is 27.6 Å². The lowest BCUT2D eigenvalue weighted by Gasteiger charge is -2.24. The Hall–Kier alpha value is -0.920. The first-order valence-electron chi connectivity index (χ1n) is 6.83. The summed E-state index contributed by atoms with van der Waals surface area (Å²) in [6.45, 7) is 4.78. The van der Waals surface area contributed by atoms with Gasteiger partial charge in [0.15, 0.2) is 0 Å². The summed E-state index contributed by atoms with van der Waals surface area (Å²) < 4.78 is 23.5. The molecule has 1 amide bonds. The number of hydrogen-bond acceptors (Lipinski definition) is 3. The molecule has 0 atom stereocenters. The number of sulfonamides is 1. The van der Waals surface area contributed by atoms with Crippen molar-refractivity contribution in [3.8, 4) is 0 Å². The molecule has 2 N–H and O–H groups in total. The Kier molecular flexibility index (Phi) is 4.75. The molecule has 1 aliphatic rings. The number of carbonyl (C=O) groups excluding carboxylic acids is 1. The van der Waals surface area contributed by atoms with E-state index in [1.807, 2.05) is 4.90 Å². The van der Waals surface area contributed by atoms with Crippen LogP contribution >= 0.6 is 15.9 Å². The van der Waals surface area contributed by atoms with E-state index >= 15 is 0 Å². The van der Waals surface area contributed by atoms with Gasteiger partial charge in [-0.15, -0.1) is 0 Å². The van der Waals surface area contributed by atoms with Gasteiger partial charge in [-0.2, -0.15) is 0 Å². The Morgan fingerprint density at radius 1 is 1.43 bits per heavy atom. The highest BCUT2D eigenvalue weighted by atomic mass is 79.9. The molecule has 7 heteroatoms. The number of halogens is 1. The molecule has 0 saturated heterocycles. The minimum absolute atomic E-state index is 0.0614. The minimum Gasteiger partial charge on any atom is -0.335 e. The van der Waals surface area contributed by atoms with Crippen molar-refractivity contribution in [1.29, 1.82) is 0 Å². The summed E-state index contributed by atoms with van der Waals surface area (Å²) in [4.78, 5) is 14.4. The van der Waals surface area contributed by atoms with Crippen LogP contribution in [0, 0.1) is 5.92 Å². The summed E-state index contributed by atoms with van der Waals surface area (Å²) in [5.74, 6) is 0.228. The van der Waals surface area contributed by atoms with Crippen molar-refractivity contribution in [3.63, 3.8) is 0 Å². The van der Waals surface area contributed by atoms with Crippen molar-refractivity contribution < 1.29 is 13.2 Å². The van der Waals surface area contributed by atoms with Crippen LogP contribution in [0.1, 0.15) is 37.0 Å². The molecule has 0 aromatic heterocycles. The average molecular weight is 375 g/mol. The Morgan fingerprint density at radius 2 is 2.05 bits per heavy atom. The molecule has 0 spiro atoms. The molecule has 1 aromatic rings. The molecule has 1 saturated carbocycles. The van der Waals surface area contributed by atoms with E-state index in [0.717, 1.165) is 12.8 Å². The van der Waals surface area contributed by atoms with Crippen LogP contribution in [-0.2, 0) is 10.0 Å². The predicted molar refractivity (Wildman–Crippen MR) is 84.4 cm³/mol. The number of carbonyl (C=O) groups is 1. The van der Waals surface area contributed by atoms with Crippen molar-refractivity contribution in [2.24, 2.45) is 11.1 Å². The van der Waals surface area contributed by atoms with Gasteiger partial charge in [-0.05, 0) is 52.9 Å². The quantitative estimate of drug-likeness (QED) is 0.858. The Morgan fingerprint density at radius 3 is 2.52 bits per heavy atom. The van der Waals surface area contributed by atoms with Gasteiger partial charge in [0.05, 0.1) is 4.90 Å². The van der Waals surface area contributed by atoms with Crippen molar-refractivity contribution in [2.75, 3.05) is 6.54 Å². The fourth-order valence-corrected chi connectivity index (χ4v) is 3.75. The highest BCUT2D eigenvalue weighted by Crippen LogP contribution is 2.30. The molecule has 2 rings (SSSR count). The largest absolute Gasteiger partial charge is 0.335 e. The van der Waals surface area contributed by atoms with Gasteiger partial charge in [0.1, 0.15) is 0 Å². The van der Waals surface area contributed by atoms with Crippen LogP contribution in [0.2, 0.25) is 0 Å². The zero-order valence-electron chi connectivity index (χ0n) is 12.0. The Balaban J connectivity index is 2.34. The first-order chi connectivity index (χ1) is 9.70. The average Bonchev–Trinajstić information content (AvgIpc) is 3.18. The first-order valence-corrected chi connectivity index (χ1v) is 9.17. The van der Waals surface area contributed by atoms with E-state index in [1.54, 1.807) is 12.1 Å². The lowest BCUT2D eigenvalue weighted by molar-refractivity contribution is 0.0722. The number of nitrogens with two attached hydrogens (primary N) is 1. The van der Waals surface area contributed by atoms with Gasteiger partial charge in [0.25, 0.3) is 5.91 Å². The van der Waals surface area contributed by atoms with Crippen molar-refractivity contribution in [2.45, 2.75) is 37.6 Å². The van der Waals surface area contributed by atoms with Crippen molar-refractivity contribution >= 4 is 31.9 Å². The molecular weight excluding hydrogens is 356 g/mol. The minimum atomic E-state index is -3.86. The summed E-state index contributed by atoms with van der Waals surface area (Å²) in [6, 6.07) is 4.79. The molecule has 0 aliphatic heterocycles.